The summed E-state index contributed by atoms with van der Waals surface area (Å²) >= 11 is 0. The lowest BCUT2D eigenvalue weighted by molar-refractivity contribution is -0.138. The fourth-order valence-corrected chi connectivity index (χ4v) is 6.82. The normalized spacial score (nSPS) is 40.3. The van der Waals surface area contributed by atoms with Crippen molar-refractivity contribution in [1.82, 2.24) is 10.2 Å². The van der Waals surface area contributed by atoms with Crippen LogP contribution in [0.3, 0.4) is 0 Å². The van der Waals surface area contributed by atoms with Crippen LogP contribution < -0.4 is 5.32 Å². The van der Waals surface area contributed by atoms with Crippen molar-refractivity contribution in [3.05, 3.63) is 22.5 Å². The van der Waals surface area contributed by atoms with Crippen molar-refractivity contribution in [2.45, 2.75) is 57.9 Å². The number of piperidine rings is 1. The van der Waals surface area contributed by atoms with Crippen molar-refractivity contribution in [1.29, 1.82) is 0 Å². The Balaban J connectivity index is 1.77. The van der Waals surface area contributed by atoms with Crippen LogP contribution >= 0.6 is 0 Å². The number of nitrogens with one attached hydrogen (secondary N) is 1. The van der Waals surface area contributed by atoms with Crippen LogP contribution in [0.15, 0.2) is 22.5 Å². The molecule has 2 aliphatic carbocycles. The van der Waals surface area contributed by atoms with Gasteiger partial charge in [0.05, 0.1) is 18.1 Å². The zero-order valence-electron chi connectivity index (χ0n) is 14.9. The monoisotopic (exact) mass is 328 g/mol. The molecule has 3 heterocycles. The number of ether oxygens (including phenoxy) is 1. The highest BCUT2D eigenvalue weighted by Gasteiger charge is 2.64. The summed E-state index contributed by atoms with van der Waals surface area (Å²) in [7, 11) is 1.54. The van der Waals surface area contributed by atoms with Crippen LogP contribution in [-0.4, -0.2) is 37.1 Å². The van der Waals surface area contributed by atoms with E-state index in [9.17, 15) is 4.79 Å². The Morgan fingerprint density at radius 2 is 2.17 bits per heavy atom. The molecular weight excluding hydrogens is 300 g/mol. The molecule has 4 atom stereocenters. The van der Waals surface area contributed by atoms with E-state index in [-0.39, 0.29) is 11.4 Å². The third kappa shape index (κ3) is 1.61. The van der Waals surface area contributed by atoms with E-state index < -0.39 is 0 Å². The molecule has 0 aromatic heterocycles. The van der Waals surface area contributed by atoms with E-state index in [4.69, 9.17) is 4.74 Å². The number of hydrogen-bond donors (Lipinski definition) is 1. The van der Waals surface area contributed by atoms with Crippen LogP contribution in [0.5, 0.6) is 0 Å². The summed E-state index contributed by atoms with van der Waals surface area (Å²) in [5.41, 5.74) is 5.44. The van der Waals surface area contributed by atoms with Gasteiger partial charge in [0.1, 0.15) is 0 Å². The van der Waals surface area contributed by atoms with Gasteiger partial charge in [0, 0.05) is 17.4 Å². The molecule has 3 aliphatic heterocycles. The number of carbonyl (C=O) groups excluding carboxylic acids is 1. The van der Waals surface area contributed by atoms with Crippen molar-refractivity contribution >= 4 is 5.97 Å². The predicted molar refractivity (Wildman–Crippen MR) is 92.0 cm³/mol. The van der Waals surface area contributed by atoms with Gasteiger partial charge in [0.15, 0.2) is 0 Å². The number of rotatable bonds is 2. The Labute approximate surface area is 144 Å². The minimum Gasteiger partial charge on any atom is -0.466 e. The number of carbonyl (C=O) groups is 1. The summed E-state index contributed by atoms with van der Waals surface area (Å²) < 4.78 is 5.27. The molecule has 4 nitrogen and oxygen atoms in total. The first-order chi connectivity index (χ1) is 11.7. The largest absolute Gasteiger partial charge is 0.466 e. The highest BCUT2D eigenvalue weighted by molar-refractivity contribution is 5.91. The van der Waals surface area contributed by atoms with Crippen molar-refractivity contribution in [2.24, 2.45) is 17.3 Å². The highest BCUT2D eigenvalue weighted by Crippen LogP contribution is 2.64. The molecule has 0 saturated carbocycles. The summed E-state index contributed by atoms with van der Waals surface area (Å²) in [5, 5.41) is 3.78. The number of allylic oxidation sites excluding steroid dienone is 1. The van der Waals surface area contributed by atoms with Crippen molar-refractivity contribution in [2.75, 3.05) is 20.2 Å². The molecule has 2 bridgehead atoms. The Morgan fingerprint density at radius 1 is 1.33 bits per heavy atom. The lowest BCUT2D eigenvalue weighted by Crippen LogP contribution is -2.57. The van der Waals surface area contributed by atoms with Crippen LogP contribution in [0.25, 0.3) is 0 Å². The van der Waals surface area contributed by atoms with Crippen LogP contribution in [0.4, 0.5) is 0 Å². The van der Waals surface area contributed by atoms with Gasteiger partial charge in [-0.15, -0.1) is 0 Å². The van der Waals surface area contributed by atoms with E-state index in [0.29, 0.717) is 17.9 Å². The van der Waals surface area contributed by atoms with Gasteiger partial charge in [-0.3, -0.25) is 4.90 Å². The average Bonchev–Trinajstić information content (AvgIpc) is 3.17. The van der Waals surface area contributed by atoms with Crippen molar-refractivity contribution in [3.63, 3.8) is 0 Å². The van der Waals surface area contributed by atoms with Crippen LogP contribution in [0.2, 0.25) is 0 Å². The average molecular weight is 328 g/mol. The molecular formula is C20H28N2O2. The molecule has 4 heteroatoms. The minimum atomic E-state index is -0.0843. The SMILES string of the molecule is CCC1C2CCN3CCC4(C5=C(CCCC5)NC4=C2C(=O)OC)C13. The van der Waals surface area contributed by atoms with E-state index in [1.165, 1.54) is 43.6 Å². The maximum absolute atomic E-state index is 12.8. The Hall–Kier alpha value is -1.29. The topological polar surface area (TPSA) is 41.6 Å². The zero-order chi connectivity index (χ0) is 16.5. The van der Waals surface area contributed by atoms with Gasteiger partial charge in [-0.05, 0) is 69.0 Å². The summed E-state index contributed by atoms with van der Waals surface area (Å²) in [4.78, 5) is 15.5. The van der Waals surface area contributed by atoms with Gasteiger partial charge in [-0.25, -0.2) is 4.79 Å². The number of nitrogens with zero attached hydrogens (tertiary/aromatic N) is 1. The van der Waals surface area contributed by atoms with Gasteiger partial charge >= 0.3 is 5.97 Å². The second-order valence-corrected chi connectivity index (χ2v) is 8.24. The Kier molecular flexibility index (Phi) is 3.19. The third-order valence-electron chi connectivity index (χ3n) is 7.59. The van der Waals surface area contributed by atoms with Gasteiger partial charge in [0.2, 0.25) is 0 Å². The zero-order valence-corrected chi connectivity index (χ0v) is 14.9. The molecule has 0 radical (unpaired) electrons. The van der Waals surface area contributed by atoms with Gasteiger partial charge < -0.3 is 10.1 Å². The number of methoxy groups -OCH3 is 1. The second kappa shape index (κ2) is 5.10. The summed E-state index contributed by atoms with van der Waals surface area (Å²) in [6.45, 7) is 4.64. The van der Waals surface area contributed by atoms with E-state index in [1.54, 1.807) is 12.7 Å². The second-order valence-electron chi connectivity index (χ2n) is 8.24. The summed E-state index contributed by atoms with van der Waals surface area (Å²) in [6, 6.07) is 0.600. The first-order valence-electron chi connectivity index (χ1n) is 9.79. The Morgan fingerprint density at radius 3 is 2.96 bits per heavy atom. The van der Waals surface area contributed by atoms with Gasteiger partial charge in [0.25, 0.3) is 0 Å². The first kappa shape index (κ1) is 15.0. The maximum atomic E-state index is 12.8. The molecule has 130 valence electrons. The van der Waals surface area contributed by atoms with Crippen LogP contribution in [0.1, 0.15) is 51.9 Å². The molecule has 0 aromatic carbocycles. The molecule has 5 aliphatic rings. The van der Waals surface area contributed by atoms with E-state index in [0.717, 1.165) is 31.4 Å². The molecule has 2 saturated heterocycles. The third-order valence-corrected chi connectivity index (χ3v) is 7.59. The van der Waals surface area contributed by atoms with E-state index in [2.05, 4.69) is 17.1 Å². The fourth-order valence-electron chi connectivity index (χ4n) is 6.82. The minimum absolute atomic E-state index is 0.0843. The molecule has 24 heavy (non-hydrogen) atoms. The van der Waals surface area contributed by atoms with Gasteiger partial charge in [-0.2, -0.15) is 0 Å². The lowest BCUT2D eigenvalue weighted by Gasteiger charge is -2.53. The summed E-state index contributed by atoms with van der Waals surface area (Å²) in [5.74, 6) is 0.882. The van der Waals surface area contributed by atoms with E-state index in [1.807, 2.05) is 0 Å². The number of hydrogen-bond acceptors (Lipinski definition) is 4. The quantitative estimate of drug-likeness (QED) is 0.791. The number of esters is 1. The van der Waals surface area contributed by atoms with Crippen molar-refractivity contribution < 1.29 is 9.53 Å². The Bertz CT molecular complexity index is 665. The van der Waals surface area contributed by atoms with Crippen LogP contribution in [-0.2, 0) is 9.53 Å². The lowest BCUT2D eigenvalue weighted by atomic mass is 9.56. The van der Waals surface area contributed by atoms with Crippen LogP contribution in [0, 0.1) is 17.3 Å². The molecule has 0 aromatic rings. The van der Waals surface area contributed by atoms with Gasteiger partial charge in [-0.1, -0.05) is 13.3 Å². The highest BCUT2D eigenvalue weighted by atomic mass is 16.5. The molecule has 1 N–H and O–H groups in total. The fraction of sp³-hybridized carbons (Fsp3) is 0.750. The molecule has 5 rings (SSSR count). The molecule has 1 spiro atoms. The van der Waals surface area contributed by atoms with E-state index >= 15 is 0 Å². The predicted octanol–water partition coefficient (Wildman–Crippen LogP) is 2.97. The smallest absolute Gasteiger partial charge is 0.335 e. The maximum Gasteiger partial charge on any atom is 0.335 e. The molecule has 4 unspecified atom stereocenters. The molecule has 0 amide bonds. The number of fused-ring (bicyclic) bond motifs is 1. The summed E-state index contributed by atoms with van der Waals surface area (Å²) in [6.07, 6.45) is 8.39. The standard InChI is InChI=1S/C20H28N2O2/c1-3-12-13-8-10-22-11-9-20(18(12)22)14-6-4-5-7-15(14)21-17(20)16(13)19(23)24-2/h12-13,18,21H,3-11H2,1-2H3. The molecule has 2 fully saturated rings. The van der Waals surface area contributed by atoms with Crippen molar-refractivity contribution in [3.8, 4) is 0 Å². The first-order valence-corrected chi connectivity index (χ1v) is 9.79.